The second kappa shape index (κ2) is 5.51. The molecule has 104 valence electrons. The number of aliphatic carboxylic acids is 1. The van der Waals surface area contributed by atoms with Gasteiger partial charge in [-0.25, -0.2) is 0 Å². The number of methoxy groups -OCH3 is 2. The predicted molar refractivity (Wildman–Crippen MR) is 72.0 cm³/mol. The summed E-state index contributed by atoms with van der Waals surface area (Å²) in [4.78, 5) is 11.0. The molecule has 1 aromatic carbocycles. The maximum Gasteiger partial charge on any atom is 0.303 e. The molecule has 0 aromatic heterocycles. The highest BCUT2D eigenvalue weighted by atomic mass is 16.5. The van der Waals surface area contributed by atoms with E-state index in [9.17, 15) is 4.79 Å². The predicted octanol–water partition coefficient (Wildman–Crippen LogP) is 2.84. The van der Waals surface area contributed by atoms with Crippen LogP contribution in [0, 0.1) is 5.92 Å². The lowest BCUT2D eigenvalue weighted by Gasteiger charge is -2.31. The molecule has 19 heavy (non-hydrogen) atoms. The van der Waals surface area contributed by atoms with Crippen LogP contribution in [0.5, 0.6) is 11.5 Å². The summed E-state index contributed by atoms with van der Waals surface area (Å²) < 4.78 is 10.6. The van der Waals surface area contributed by atoms with Gasteiger partial charge in [-0.3, -0.25) is 4.79 Å². The number of ether oxygens (including phenoxy) is 2. The van der Waals surface area contributed by atoms with E-state index in [1.807, 2.05) is 12.1 Å². The molecule has 2 rings (SSSR count). The minimum absolute atomic E-state index is 0.0565. The van der Waals surface area contributed by atoms with E-state index < -0.39 is 5.97 Å². The maximum atomic E-state index is 11.0. The summed E-state index contributed by atoms with van der Waals surface area (Å²) in [5, 5.41) is 9.08. The lowest BCUT2D eigenvalue weighted by Crippen LogP contribution is -2.21. The molecule has 4 nitrogen and oxygen atoms in total. The maximum absolute atomic E-state index is 11.0. The Morgan fingerprint density at radius 1 is 1.32 bits per heavy atom. The number of carbonyl (C=O) groups is 1. The van der Waals surface area contributed by atoms with Gasteiger partial charge in [0.05, 0.1) is 20.6 Å². The van der Waals surface area contributed by atoms with Gasteiger partial charge in [0, 0.05) is 0 Å². The largest absolute Gasteiger partial charge is 0.493 e. The van der Waals surface area contributed by atoms with Crippen molar-refractivity contribution in [3.63, 3.8) is 0 Å². The molecule has 0 saturated heterocycles. The Bertz CT molecular complexity index is 481. The summed E-state index contributed by atoms with van der Waals surface area (Å²) >= 11 is 0. The first-order chi connectivity index (χ1) is 9.06. The van der Waals surface area contributed by atoms with E-state index in [2.05, 4.69) is 6.92 Å². The van der Waals surface area contributed by atoms with E-state index in [1.54, 1.807) is 14.2 Å². The zero-order chi connectivity index (χ0) is 14.0. The number of hydrogen-bond acceptors (Lipinski definition) is 3. The minimum Gasteiger partial charge on any atom is -0.493 e. The first-order valence-electron chi connectivity index (χ1n) is 6.53. The molecule has 4 heteroatoms. The molecule has 0 spiro atoms. The van der Waals surface area contributed by atoms with Gasteiger partial charge in [-0.2, -0.15) is 0 Å². The van der Waals surface area contributed by atoms with Gasteiger partial charge >= 0.3 is 5.97 Å². The van der Waals surface area contributed by atoms with Crippen LogP contribution in [-0.2, 0) is 11.2 Å². The van der Waals surface area contributed by atoms with Crippen molar-refractivity contribution in [1.82, 2.24) is 0 Å². The topological polar surface area (TPSA) is 55.8 Å². The number of hydrogen-bond donors (Lipinski definition) is 1. The molecule has 1 aromatic rings. The molecule has 0 fully saturated rings. The first-order valence-corrected chi connectivity index (χ1v) is 6.53. The molecule has 0 amide bonds. The van der Waals surface area contributed by atoms with Crippen LogP contribution in [-0.4, -0.2) is 25.3 Å². The summed E-state index contributed by atoms with van der Waals surface area (Å²) in [7, 11) is 3.22. The number of fused-ring (bicyclic) bond motifs is 1. The van der Waals surface area contributed by atoms with Gasteiger partial charge in [0.2, 0.25) is 0 Å². The molecule has 1 aliphatic carbocycles. The molecule has 0 radical (unpaired) electrons. The van der Waals surface area contributed by atoms with Crippen molar-refractivity contribution in [2.45, 2.75) is 32.1 Å². The summed E-state index contributed by atoms with van der Waals surface area (Å²) in [6, 6.07) is 3.92. The zero-order valence-corrected chi connectivity index (χ0v) is 11.6. The quantitative estimate of drug-likeness (QED) is 0.908. The molecule has 0 bridgehead atoms. The van der Waals surface area contributed by atoms with Crippen LogP contribution in [0.3, 0.4) is 0 Å². The van der Waals surface area contributed by atoms with Gasteiger partial charge < -0.3 is 14.6 Å². The lowest BCUT2D eigenvalue weighted by molar-refractivity contribution is -0.137. The summed E-state index contributed by atoms with van der Waals surface area (Å²) in [6.45, 7) is 2.12. The summed E-state index contributed by atoms with van der Waals surface area (Å²) in [6.07, 6.45) is 2.15. The molecule has 0 heterocycles. The fourth-order valence-electron chi connectivity index (χ4n) is 2.89. The van der Waals surface area contributed by atoms with Crippen LogP contribution in [0.25, 0.3) is 0 Å². The molecule has 1 N–H and O–H groups in total. The SMILES string of the molecule is COc1cc2c(cc1OC)C(CC(=O)O)C(C)CC2. The van der Waals surface area contributed by atoms with E-state index in [1.165, 1.54) is 5.56 Å². The van der Waals surface area contributed by atoms with Crippen LogP contribution >= 0.6 is 0 Å². The number of aryl methyl sites for hydroxylation is 1. The smallest absolute Gasteiger partial charge is 0.303 e. The Balaban J connectivity index is 2.45. The van der Waals surface area contributed by atoms with Gasteiger partial charge in [0.1, 0.15) is 0 Å². The van der Waals surface area contributed by atoms with Crippen LogP contribution in [0.4, 0.5) is 0 Å². The minimum atomic E-state index is -0.750. The highest BCUT2D eigenvalue weighted by molar-refractivity contribution is 5.68. The van der Waals surface area contributed by atoms with Gasteiger partial charge in [-0.1, -0.05) is 6.92 Å². The van der Waals surface area contributed by atoms with Crippen LogP contribution < -0.4 is 9.47 Å². The number of rotatable bonds is 4. The lowest BCUT2D eigenvalue weighted by atomic mass is 9.74. The van der Waals surface area contributed by atoms with Crippen molar-refractivity contribution in [1.29, 1.82) is 0 Å². The number of carboxylic acids is 1. The third kappa shape index (κ3) is 2.67. The molecule has 0 saturated carbocycles. The Hall–Kier alpha value is -1.71. The van der Waals surface area contributed by atoms with Gasteiger partial charge in [-0.15, -0.1) is 0 Å². The van der Waals surface area contributed by atoms with E-state index in [0.717, 1.165) is 18.4 Å². The number of carboxylic acid groups (broad SMARTS) is 1. The second-order valence-electron chi connectivity index (χ2n) is 5.13. The normalized spacial score (nSPS) is 21.6. The first kappa shape index (κ1) is 13.7. The van der Waals surface area contributed by atoms with Crippen molar-refractivity contribution in [3.05, 3.63) is 23.3 Å². The Morgan fingerprint density at radius 2 is 1.95 bits per heavy atom. The molecule has 2 unspecified atom stereocenters. The standard InChI is InChI=1S/C15H20O4/c1-9-4-5-10-6-13(18-2)14(19-3)7-12(10)11(9)8-15(16)17/h6-7,9,11H,4-5,8H2,1-3H3,(H,16,17). The summed E-state index contributed by atoms with van der Waals surface area (Å²) in [5.74, 6) is 1.07. The van der Waals surface area contributed by atoms with Crippen molar-refractivity contribution in [3.8, 4) is 11.5 Å². The molecule has 2 atom stereocenters. The molecular weight excluding hydrogens is 244 g/mol. The monoisotopic (exact) mass is 264 g/mol. The van der Waals surface area contributed by atoms with E-state index >= 15 is 0 Å². The van der Waals surface area contributed by atoms with Crippen molar-refractivity contribution < 1.29 is 19.4 Å². The third-order valence-corrected chi connectivity index (χ3v) is 4.00. The van der Waals surface area contributed by atoms with Gasteiger partial charge in [0.25, 0.3) is 0 Å². The van der Waals surface area contributed by atoms with Crippen LogP contribution in [0.15, 0.2) is 12.1 Å². The highest BCUT2D eigenvalue weighted by Gasteiger charge is 2.29. The van der Waals surface area contributed by atoms with E-state index in [4.69, 9.17) is 14.6 Å². The Labute approximate surface area is 113 Å². The molecule has 0 aliphatic heterocycles. The van der Waals surface area contributed by atoms with Crippen LogP contribution in [0.1, 0.15) is 36.8 Å². The third-order valence-electron chi connectivity index (χ3n) is 4.00. The molecular formula is C15H20O4. The number of benzene rings is 1. The van der Waals surface area contributed by atoms with Crippen molar-refractivity contribution >= 4 is 5.97 Å². The average Bonchev–Trinajstić information content (AvgIpc) is 2.40. The van der Waals surface area contributed by atoms with Crippen LogP contribution in [0.2, 0.25) is 0 Å². The zero-order valence-electron chi connectivity index (χ0n) is 11.6. The van der Waals surface area contributed by atoms with E-state index in [-0.39, 0.29) is 12.3 Å². The Morgan fingerprint density at radius 3 is 2.53 bits per heavy atom. The average molecular weight is 264 g/mol. The van der Waals surface area contributed by atoms with Crippen molar-refractivity contribution in [2.24, 2.45) is 5.92 Å². The molecule has 1 aliphatic rings. The van der Waals surface area contributed by atoms with Gasteiger partial charge in [-0.05, 0) is 47.9 Å². The fraction of sp³-hybridized carbons (Fsp3) is 0.533. The van der Waals surface area contributed by atoms with Crippen molar-refractivity contribution in [2.75, 3.05) is 14.2 Å². The Kier molecular flexibility index (Phi) is 3.98. The second-order valence-corrected chi connectivity index (χ2v) is 5.13. The van der Waals surface area contributed by atoms with E-state index in [0.29, 0.717) is 17.4 Å². The summed E-state index contributed by atoms with van der Waals surface area (Å²) in [5.41, 5.74) is 2.28. The van der Waals surface area contributed by atoms with Gasteiger partial charge in [0.15, 0.2) is 11.5 Å². The highest BCUT2D eigenvalue weighted by Crippen LogP contribution is 2.43. The fourth-order valence-corrected chi connectivity index (χ4v) is 2.89.